The van der Waals surface area contributed by atoms with E-state index in [1.54, 1.807) is 17.0 Å². The molecule has 1 amide bonds. The molecule has 0 saturated heterocycles. The zero-order valence-corrected chi connectivity index (χ0v) is 14.8. The second kappa shape index (κ2) is 6.46. The van der Waals surface area contributed by atoms with Crippen LogP contribution in [0.4, 0.5) is 15.8 Å². The van der Waals surface area contributed by atoms with Gasteiger partial charge in [0.1, 0.15) is 12.0 Å². The number of anilines is 2. The summed E-state index contributed by atoms with van der Waals surface area (Å²) in [7, 11) is 0. The number of aryl methyl sites for hydroxylation is 1. The molecule has 1 heterocycles. The molecular formula is C21H16ClFN2O. The van der Waals surface area contributed by atoms with E-state index in [2.05, 4.69) is 5.32 Å². The number of hydrogen-bond donors (Lipinski definition) is 1. The summed E-state index contributed by atoms with van der Waals surface area (Å²) in [5.41, 5.74) is 3.93. The van der Waals surface area contributed by atoms with Crippen molar-refractivity contribution in [2.45, 2.75) is 13.1 Å². The van der Waals surface area contributed by atoms with Crippen LogP contribution in [0.25, 0.3) is 0 Å². The number of benzene rings is 3. The second-order valence-corrected chi connectivity index (χ2v) is 6.68. The van der Waals surface area contributed by atoms with Gasteiger partial charge in [-0.1, -0.05) is 53.6 Å². The zero-order valence-electron chi connectivity index (χ0n) is 14.0. The Hall–Kier alpha value is -2.85. The van der Waals surface area contributed by atoms with Crippen LogP contribution < -0.4 is 10.2 Å². The highest BCUT2D eigenvalue weighted by molar-refractivity contribution is 6.31. The molecule has 3 aromatic carbocycles. The van der Waals surface area contributed by atoms with Crippen LogP contribution in [0.1, 0.15) is 27.7 Å². The van der Waals surface area contributed by atoms with E-state index in [1.807, 2.05) is 49.4 Å². The van der Waals surface area contributed by atoms with Crippen molar-refractivity contribution in [3.8, 4) is 0 Å². The average Bonchev–Trinajstić information content (AvgIpc) is 2.65. The van der Waals surface area contributed by atoms with Gasteiger partial charge >= 0.3 is 0 Å². The number of amides is 1. The molecule has 1 N–H and O–H groups in total. The minimum absolute atomic E-state index is 0.0168. The van der Waals surface area contributed by atoms with Crippen molar-refractivity contribution in [1.82, 2.24) is 0 Å². The molecule has 3 aromatic rings. The fraction of sp³-hybridized carbons (Fsp3) is 0.0952. The lowest BCUT2D eigenvalue weighted by Crippen LogP contribution is -2.43. The maximum absolute atomic E-state index is 13.6. The Morgan fingerprint density at radius 2 is 1.77 bits per heavy atom. The lowest BCUT2D eigenvalue weighted by Gasteiger charge is -2.38. The van der Waals surface area contributed by atoms with Gasteiger partial charge in [-0.2, -0.15) is 0 Å². The van der Waals surface area contributed by atoms with E-state index in [4.69, 9.17) is 11.6 Å². The molecule has 0 saturated carbocycles. The Kier molecular flexibility index (Phi) is 4.13. The Labute approximate surface area is 156 Å². The minimum atomic E-state index is -0.514. The number of carbonyl (C=O) groups excluding carboxylic acids is 1. The Morgan fingerprint density at radius 1 is 1.04 bits per heavy atom. The van der Waals surface area contributed by atoms with Crippen molar-refractivity contribution < 1.29 is 9.18 Å². The highest BCUT2D eigenvalue weighted by atomic mass is 35.5. The van der Waals surface area contributed by atoms with Gasteiger partial charge in [-0.25, -0.2) is 4.39 Å². The van der Waals surface area contributed by atoms with Crippen molar-refractivity contribution in [3.63, 3.8) is 0 Å². The standard InChI is InChI=1S/C21H16ClFN2O/c1-13-6-8-14(9-7-13)20-24-19-5-3-2-4-16(19)21(26)25(20)15-10-11-18(23)17(22)12-15/h2-12,20,24H,1H3/t20-/m1/s1. The highest BCUT2D eigenvalue weighted by Gasteiger charge is 2.34. The monoisotopic (exact) mass is 366 g/mol. The smallest absolute Gasteiger partial charge is 0.262 e. The van der Waals surface area contributed by atoms with Gasteiger partial charge < -0.3 is 5.32 Å². The zero-order chi connectivity index (χ0) is 18.3. The molecule has 130 valence electrons. The summed E-state index contributed by atoms with van der Waals surface area (Å²) in [6.45, 7) is 2.01. The third kappa shape index (κ3) is 2.82. The van der Waals surface area contributed by atoms with Crippen molar-refractivity contribution in [1.29, 1.82) is 0 Å². The van der Waals surface area contributed by atoms with E-state index < -0.39 is 12.0 Å². The third-order valence-corrected chi connectivity index (χ3v) is 4.79. The molecule has 0 bridgehead atoms. The third-order valence-electron chi connectivity index (χ3n) is 4.50. The van der Waals surface area contributed by atoms with Crippen molar-refractivity contribution in [2.24, 2.45) is 0 Å². The molecule has 0 aliphatic carbocycles. The maximum Gasteiger partial charge on any atom is 0.262 e. The van der Waals surface area contributed by atoms with Crippen LogP contribution >= 0.6 is 11.6 Å². The molecule has 4 rings (SSSR count). The van der Waals surface area contributed by atoms with Crippen LogP contribution in [-0.4, -0.2) is 5.91 Å². The summed E-state index contributed by atoms with van der Waals surface area (Å²) < 4.78 is 13.6. The largest absolute Gasteiger partial charge is 0.360 e. The molecule has 3 nitrogen and oxygen atoms in total. The summed E-state index contributed by atoms with van der Waals surface area (Å²) in [5, 5.41) is 3.40. The second-order valence-electron chi connectivity index (χ2n) is 6.28. The van der Waals surface area contributed by atoms with E-state index in [1.165, 1.54) is 12.1 Å². The molecule has 5 heteroatoms. The summed E-state index contributed by atoms with van der Waals surface area (Å²) in [5.74, 6) is -0.673. The normalized spacial score (nSPS) is 16.2. The Morgan fingerprint density at radius 3 is 2.50 bits per heavy atom. The molecule has 0 unspecified atom stereocenters. The number of nitrogens with zero attached hydrogens (tertiary/aromatic N) is 1. The minimum Gasteiger partial charge on any atom is -0.360 e. The van der Waals surface area contributed by atoms with Crippen molar-refractivity contribution in [2.75, 3.05) is 10.2 Å². The molecule has 26 heavy (non-hydrogen) atoms. The van der Waals surface area contributed by atoms with Crippen LogP contribution in [0.15, 0.2) is 66.7 Å². The van der Waals surface area contributed by atoms with Gasteiger partial charge in [0.2, 0.25) is 0 Å². The fourth-order valence-electron chi connectivity index (χ4n) is 3.14. The van der Waals surface area contributed by atoms with Crippen molar-refractivity contribution >= 4 is 28.9 Å². The molecule has 1 atom stereocenters. The first-order valence-corrected chi connectivity index (χ1v) is 8.63. The molecular weight excluding hydrogens is 351 g/mol. The van der Waals surface area contributed by atoms with Crippen LogP contribution in [0.5, 0.6) is 0 Å². The number of carbonyl (C=O) groups is 1. The van der Waals surface area contributed by atoms with Gasteiger partial charge in [0.25, 0.3) is 5.91 Å². The van der Waals surface area contributed by atoms with E-state index in [-0.39, 0.29) is 10.9 Å². The predicted octanol–water partition coefficient (Wildman–Crippen LogP) is 5.56. The first-order valence-electron chi connectivity index (χ1n) is 8.25. The number of halogens is 2. The van der Waals surface area contributed by atoms with E-state index >= 15 is 0 Å². The summed E-state index contributed by atoms with van der Waals surface area (Å²) in [4.78, 5) is 14.8. The van der Waals surface area contributed by atoms with Crippen LogP contribution in [0.3, 0.4) is 0 Å². The average molecular weight is 367 g/mol. The lowest BCUT2D eigenvalue weighted by atomic mass is 10.0. The number of fused-ring (bicyclic) bond motifs is 1. The Balaban J connectivity index is 1.87. The molecule has 0 aromatic heterocycles. The first kappa shape index (κ1) is 16.6. The van der Waals surface area contributed by atoms with E-state index in [9.17, 15) is 9.18 Å². The van der Waals surface area contributed by atoms with Gasteiger partial charge in [0, 0.05) is 11.4 Å². The molecule has 1 aliphatic rings. The summed E-state index contributed by atoms with van der Waals surface area (Å²) in [6.07, 6.45) is -0.417. The van der Waals surface area contributed by atoms with Gasteiger partial charge in [-0.05, 0) is 42.8 Å². The summed E-state index contributed by atoms with van der Waals surface area (Å²) in [6, 6.07) is 19.6. The van der Waals surface area contributed by atoms with Gasteiger partial charge in [0.05, 0.1) is 10.6 Å². The first-order chi connectivity index (χ1) is 12.5. The van der Waals surface area contributed by atoms with Gasteiger partial charge in [0.15, 0.2) is 0 Å². The molecule has 0 spiro atoms. The molecule has 1 aliphatic heterocycles. The van der Waals surface area contributed by atoms with Gasteiger partial charge in [-0.3, -0.25) is 9.69 Å². The lowest BCUT2D eigenvalue weighted by molar-refractivity contribution is 0.0975. The Bertz CT molecular complexity index is 988. The predicted molar refractivity (Wildman–Crippen MR) is 102 cm³/mol. The quantitative estimate of drug-likeness (QED) is 0.644. The molecule has 0 fully saturated rings. The topological polar surface area (TPSA) is 32.3 Å². The van der Waals surface area contributed by atoms with Crippen LogP contribution in [-0.2, 0) is 0 Å². The highest BCUT2D eigenvalue weighted by Crippen LogP contribution is 2.37. The number of hydrogen-bond acceptors (Lipinski definition) is 2. The van der Waals surface area contributed by atoms with Crippen molar-refractivity contribution in [3.05, 3.63) is 94.3 Å². The van der Waals surface area contributed by atoms with E-state index in [0.717, 1.165) is 16.8 Å². The number of rotatable bonds is 2. The van der Waals surface area contributed by atoms with Crippen LogP contribution in [0.2, 0.25) is 5.02 Å². The van der Waals surface area contributed by atoms with E-state index in [0.29, 0.717) is 11.3 Å². The molecule has 0 radical (unpaired) electrons. The SMILES string of the molecule is Cc1ccc([C@@H]2Nc3ccccc3C(=O)N2c2ccc(F)c(Cl)c2)cc1. The van der Waals surface area contributed by atoms with Crippen LogP contribution in [0, 0.1) is 12.7 Å². The number of para-hydroxylation sites is 1. The maximum atomic E-state index is 13.6. The number of nitrogens with one attached hydrogen (secondary N) is 1. The van der Waals surface area contributed by atoms with Gasteiger partial charge in [-0.15, -0.1) is 0 Å². The summed E-state index contributed by atoms with van der Waals surface area (Å²) >= 11 is 5.96. The fourth-order valence-corrected chi connectivity index (χ4v) is 3.31.